The van der Waals surface area contributed by atoms with Crippen LogP contribution in [0.1, 0.15) is 12.1 Å². The van der Waals surface area contributed by atoms with Crippen LogP contribution in [0.15, 0.2) is 36.1 Å². The highest BCUT2D eigenvalue weighted by atomic mass is 32.1. The summed E-state index contributed by atoms with van der Waals surface area (Å²) in [6.45, 7) is 0. The monoisotopic (exact) mass is 287 g/mol. The summed E-state index contributed by atoms with van der Waals surface area (Å²) < 4.78 is 6.69. The highest BCUT2D eigenvalue weighted by Gasteiger charge is 2.11. The van der Waals surface area contributed by atoms with E-state index in [9.17, 15) is 4.79 Å². The summed E-state index contributed by atoms with van der Waals surface area (Å²) in [5.41, 5.74) is 2.95. The minimum absolute atomic E-state index is 0.197. The van der Waals surface area contributed by atoms with Crippen molar-refractivity contribution < 1.29 is 9.53 Å². The molecule has 0 saturated carbocycles. The van der Waals surface area contributed by atoms with Gasteiger partial charge in [0, 0.05) is 35.2 Å². The topological polar surface area (TPSA) is 56.5 Å². The van der Waals surface area contributed by atoms with Gasteiger partial charge >= 0.3 is 5.97 Å². The molecule has 0 aliphatic heterocycles. The number of hydrogen-bond donors (Lipinski definition) is 0. The van der Waals surface area contributed by atoms with Crippen molar-refractivity contribution in [2.24, 2.45) is 0 Å². The number of aromatic nitrogens is 3. The highest BCUT2D eigenvalue weighted by Crippen LogP contribution is 2.23. The second kappa shape index (κ2) is 5.42. The van der Waals surface area contributed by atoms with Crippen LogP contribution in [-0.2, 0) is 16.0 Å². The molecule has 0 aliphatic carbocycles. The molecule has 0 amide bonds. The third-order valence-corrected chi connectivity index (χ3v) is 3.94. The molecule has 5 nitrogen and oxygen atoms in total. The average Bonchev–Trinajstić information content (AvgIpc) is 3.06. The van der Waals surface area contributed by atoms with E-state index < -0.39 is 0 Å². The first-order valence-electron chi connectivity index (χ1n) is 6.20. The Bertz CT molecular complexity index is 733. The van der Waals surface area contributed by atoms with Gasteiger partial charge in [0.15, 0.2) is 4.96 Å². The van der Waals surface area contributed by atoms with Gasteiger partial charge in [-0.15, -0.1) is 11.3 Å². The second-order valence-electron chi connectivity index (χ2n) is 4.32. The minimum Gasteiger partial charge on any atom is -0.469 e. The Morgan fingerprint density at radius 3 is 3.15 bits per heavy atom. The Hall–Kier alpha value is -2.21. The predicted molar refractivity (Wildman–Crippen MR) is 76.6 cm³/mol. The lowest BCUT2D eigenvalue weighted by Gasteiger charge is -1.98. The number of aryl methyl sites for hydroxylation is 1. The maximum absolute atomic E-state index is 11.2. The number of fused-ring (bicyclic) bond motifs is 1. The molecule has 3 rings (SSSR count). The van der Waals surface area contributed by atoms with Crippen molar-refractivity contribution in [1.82, 2.24) is 14.4 Å². The van der Waals surface area contributed by atoms with Crippen molar-refractivity contribution in [2.45, 2.75) is 12.8 Å². The maximum atomic E-state index is 11.2. The molecule has 102 valence electrons. The highest BCUT2D eigenvalue weighted by molar-refractivity contribution is 7.15. The number of esters is 1. The molecule has 0 N–H and O–H groups in total. The van der Waals surface area contributed by atoms with Crippen molar-refractivity contribution >= 4 is 22.3 Å². The first kappa shape index (κ1) is 12.8. The number of pyridine rings is 1. The van der Waals surface area contributed by atoms with Crippen LogP contribution in [0.2, 0.25) is 0 Å². The molecule has 6 heteroatoms. The third-order valence-electron chi connectivity index (χ3n) is 3.05. The molecule has 0 radical (unpaired) electrons. The van der Waals surface area contributed by atoms with Gasteiger partial charge in [0.2, 0.25) is 0 Å². The van der Waals surface area contributed by atoms with Gasteiger partial charge in [0.1, 0.15) is 0 Å². The van der Waals surface area contributed by atoms with E-state index >= 15 is 0 Å². The van der Waals surface area contributed by atoms with E-state index in [1.807, 2.05) is 28.1 Å². The average molecular weight is 287 g/mol. The van der Waals surface area contributed by atoms with E-state index in [0.717, 1.165) is 21.9 Å². The Morgan fingerprint density at radius 1 is 1.50 bits per heavy atom. The summed E-state index contributed by atoms with van der Waals surface area (Å²) in [4.78, 5) is 20.8. The summed E-state index contributed by atoms with van der Waals surface area (Å²) in [5.74, 6) is -0.197. The zero-order valence-corrected chi connectivity index (χ0v) is 11.8. The SMILES string of the molecule is COC(=O)CCc1csc2nc(-c3cccnc3)cn12. The van der Waals surface area contributed by atoms with Crippen LogP contribution in [0.25, 0.3) is 16.2 Å². The number of carbonyl (C=O) groups is 1. The molecule has 0 fully saturated rings. The molecule has 0 saturated heterocycles. The summed E-state index contributed by atoms with van der Waals surface area (Å²) in [6, 6.07) is 3.87. The summed E-state index contributed by atoms with van der Waals surface area (Å²) in [5, 5.41) is 2.03. The van der Waals surface area contributed by atoms with Crippen LogP contribution >= 0.6 is 11.3 Å². The molecule has 0 atom stereocenters. The first-order valence-corrected chi connectivity index (χ1v) is 7.08. The number of nitrogens with zero attached hydrogens (tertiary/aromatic N) is 3. The van der Waals surface area contributed by atoms with Gasteiger partial charge in [-0.3, -0.25) is 14.2 Å². The molecule has 3 heterocycles. The lowest BCUT2D eigenvalue weighted by molar-refractivity contribution is -0.140. The molecule has 0 aromatic carbocycles. The number of imidazole rings is 1. The standard InChI is InChI=1S/C14H13N3O2S/c1-19-13(18)5-4-11-9-20-14-16-12(8-17(11)14)10-3-2-6-15-7-10/h2-3,6-9H,4-5H2,1H3. The normalized spacial score (nSPS) is 10.8. The van der Waals surface area contributed by atoms with Gasteiger partial charge in [-0.25, -0.2) is 4.98 Å². The molecule has 0 unspecified atom stereocenters. The zero-order chi connectivity index (χ0) is 13.9. The molecular formula is C14H13N3O2S. The van der Waals surface area contributed by atoms with E-state index in [1.54, 1.807) is 23.7 Å². The fourth-order valence-corrected chi connectivity index (χ4v) is 2.90. The Labute approximate surface area is 119 Å². The summed E-state index contributed by atoms with van der Waals surface area (Å²) >= 11 is 1.57. The van der Waals surface area contributed by atoms with Gasteiger partial charge in [-0.1, -0.05) is 0 Å². The molecular weight excluding hydrogens is 274 g/mol. The van der Waals surface area contributed by atoms with E-state index in [0.29, 0.717) is 12.8 Å². The lowest BCUT2D eigenvalue weighted by Crippen LogP contribution is -2.02. The van der Waals surface area contributed by atoms with E-state index in [2.05, 4.69) is 14.7 Å². The lowest BCUT2D eigenvalue weighted by atomic mass is 10.2. The number of methoxy groups -OCH3 is 1. The molecule has 0 bridgehead atoms. The van der Waals surface area contributed by atoms with Gasteiger partial charge in [-0.2, -0.15) is 0 Å². The van der Waals surface area contributed by atoms with Crippen molar-refractivity contribution in [2.75, 3.05) is 7.11 Å². The first-order chi connectivity index (χ1) is 9.78. The quantitative estimate of drug-likeness (QED) is 0.692. The van der Waals surface area contributed by atoms with Crippen LogP contribution in [0.4, 0.5) is 0 Å². The van der Waals surface area contributed by atoms with Crippen molar-refractivity contribution in [3.63, 3.8) is 0 Å². The Balaban J connectivity index is 1.89. The maximum Gasteiger partial charge on any atom is 0.305 e. The molecule has 0 aliphatic rings. The Morgan fingerprint density at radius 2 is 2.40 bits per heavy atom. The Kier molecular flexibility index (Phi) is 3.47. The number of thiazole rings is 1. The van der Waals surface area contributed by atoms with Gasteiger partial charge in [-0.05, 0) is 18.6 Å². The van der Waals surface area contributed by atoms with Crippen LogP contribution in [0, 0.1) is 0 Å². The van der Waals surface area contributed by atoms with E-state index in [-0.39, 0.29) is 5.97 Å². The van der Waals surface area contributed by atoms with E-state index in [1.165, 1.54) is 7.11 Å². The third kappa shape index (κ3) is 2.42. The summed E-state index contributed by atoms with van der Waals surface area (Å²) in [6.07, 6.45) is 6.54. The molecule has 0 spiro atoms. The van der Waals surface area contributed by atoms with Crippen LogP contribution in [0.3, 0.4) is 0 Å². The van der Waals surface area contributed by atoms with Gasteiger partial charge < -0.3 is 4.74 Å². The van der Waals surface area contributed by atoms with E-state index in [4.69, 9.17) is 0 Å². The summed E-state index contributed by atoms with van der Waals surface area (Å²) in [7, 11) is 1.41. The van der Waals surface area contributed by atoms with Crippen LogP contribution in [0.5, 0.6) is 0 Å². The van der Waals surface area contributed by atoms with Gasteiger partial charge in [0.05, 0.1) is 19.2 Å². The molecule has 3 aromatic rings. The van der Waals surface area contributed by atoms with Crippen molar-refractivity contribution in [3.8, 4) is 11.3 Å². The minimum atomic E-state index is -0.197. The van der Waals surface area contributed by atoms with Crippen LogP contribution < -0.4 is 0 Å². The fourth-order valence-electron chi connectivity index (χ4n) is 1.99. The number of hydrogen-bond acceptors (Lipinski definition) is 5. The predicted octanol–water partition coefficient (Wildman–Crippen LogP) is 2.56. The number of ether oxygens (including phenoxy) is 1. The smallest absolute Gasteiger partial charge is 0.305 e. The second-order valence-corrected chi connectivity index (χ2v) is 5.16. The fraction of sp³-hybridized carbons (Fsp3) is 0.214. The van der Waals surface area contributed by atoms with Gasteiger partial charge in [0.25, 0.3) is 0 Å². The number of rotatable bonds is 4. The zero-order valence-electron chi connectivity index (χ0n) is 10.9. The largest absolute Gasteiger partial charge is 0.469 e. The van der Waals surface area contributed by atoms with Crippen molar-refractivity contribution in [1.29, 1.82) is 0 Å². The number of carbonyl (C=O) groups excluding carboxylic acids is 1. The van der Waals surface area contributed by atoms with Crippen molar-refractivity contribution in [3.05, 3.63) is 41.8 Å². The molecule has 20 heavy (non-hydrogen) atoms. The molecule has 3 aromatic heterocycles. The van der Waals surface area contributed by atoms with Crippen LogP contribution in [-0.4, -0.2) is 27.4 Å².